The molecule has 20 heavy (non-hydrogen) atoms. The molecule has 0 bridgehead atoms. The number of para-hydroxylation sites is 1. The van der Waals surface area contributed by atoms with Crippen molar-refractivity contribution >= 4 is 5.91 Å². The summed E-state index contributed by atoms with van der Waals surface area (Å²) in [4.78, 5) is 16.1. The molecule has 0 saturated carbocycles. The van der Waals surface area contributed by atoms with Gasteiger partial charge in [0.1, 0.15) is 11.4 Å². The van der Waals surface area contributed by atoms with E-state index in [1.165, 1.54) is 0 Å². The highest BCUT2D eigenvalue weighted by Gasteiger charge is 2.08. The Kier molecular flexibility index (Phi) is 4.68. The second kappa shape index (κ2) is 6.68. The maximum Gasteiger partial charge on any atom is 0.270 e. The molecule has 0 unspecified atom stereocenters. The van der Waals surface area contributed by atoms with Gasteiger partial charge in [-0.25, -0.2) is 0 Å². The number of nitrogens with zero attached hydrogens (tertiary/aromatic N) is 1. The largest absolute Gasteiger partial charge is 0.496 e. The lowest BCUT2D eigenvalue weighted by molar-refractivity contribution is 0.0945. The number of nitrogens with one attached hydrogen (secondary N) is 1. The molecule has 0 aliphatic heterocycles. The minimum atomic E-state index is -0.223. The van der Waals surface area contributed by atoms with Crippen LogP contribution in [0, 0.1) is 0 Å². The fourth-order valence-electron chi connectivity index (χ4n) is 1.79. The van der Waals surface area contributed by atoms with Crippen molar-refractivity contribution in [1.82, 2.24) is 10.3 Å². The van der Waals surface area contributed by atoms with Gasteiger partial charge in [-0.3, -0.25) is 9.78 Å². The standard InChI is InChI=1S/C15H17N3O2/c1-20-14-5-3-2-4-12(14)10-18-15(19)13-7-6-11(8-16)9-17-13/h2-7,9H,8,10,16H2,1H3,(H,18,19). The Morgan fingerprint density at radius 2 is 2.10 bits per heavy atom. The van der Waals surface area contributed by atoms with Gasteiger partial charge in [0.25, 0.3) is 5.91 Å². The number of hydrogen-bond acceptors (Lipinski definition) is 4. The molecule has 3 N–H and O–H groups in total. The van der Waals surface area contributed by atoms with Crippen LogP contribution in [0.4, 0.5) is 0 Å². The third-order valence-electron chi connectivity index (χ3n) is 2.92. The van der Waals surface area contributed by atoms with Gasteiger partial charge in [0.15, 0.2) is 0 Å². The third-order valence-corrected chi connectivity index (χ3v) is 2.92. The molecule has 0 radical (unpaired) electrons. The number of pyridine rings is 1. The fraction of sp³-hybridized carbons (Fsp3) is 0.200. The number of carbonyl (C=O) groups is 1. The van der Waals surface area contributed by atoms with E-state index < -0.39 is 0 Å². The van der Waals surface area contributed by atoms with E-state index in [2.05, 4.69) is 10.3 Å². The average molecular weight is 271 g/mol. The number of aromatic nitrogens is 1. The van der Waals surface area contributed by atoms with Crippen molar-refractivity contribution in [2.45, 2.75) is 13.1 Å². The van der Waals surface area contributed by atoms with Crippen LogP contribution in [0.15, 0.2) is 42.6 Å². The van der Waals surface area contributed by atoms with Gasteiger partial charge >= 0.3 is 0 Å². The Bertz CT molecular complexity index is 582. The zero-order valence-corrected chi connectivity index (χ0v) is 11.3. The van der Waals surface area contributed by atoms with Gasteiger partial charge in [-0.2, -0.15) is 0 Å². The molecule has 1 heterocycles. The van der Waals surface area contributed by atoms with Gasteiger partial charge in [0, 0.05) is 24.8 Å². The molecule has 1 aromatic heterocycles. The maximum absolute atomic E-state index is 12.0. The molecule has 2 aromatic rings. The molecule has 0 fully saturated rings. The van der Waals surface area contributed by atoms with Gasteiger partial charge in [-0.15, -0.1) is 0 Å². The van der Waals surface area contributed by atoms with E-state index in [4.69, 9.17) is 10.5 Å². The highest BCUT2D eigenvalue weighted by atomic mass is 16.5. The molecule has 0 aliphatic rings. The van der Waals surface area contributed by atoms with Crippen LogP contribution in [0.3, 0.4) is 0 Å². The molecule has 0 atom stereocenters. The summed E-state index contributed by atoms with van der Waals surface area (Å²) < 4.78 is 5.23. The number of benzene rings is 1. The Balaban J connectivity index is 2.01. The number of ether oxygens (including phenoxy) is 1. The summed E-state index contributed by atoms with van der Waals surface area (Å²) in [6.45, 7) is 0.805. The zero-order valence-electron chi connectivity index (χ0n) is 11.3. The van der Waals surface area contributed by atoms with E-state index in [1.54, 1.807) is 25.4 Å². The zero-order chi connectivity index (χ0) is 14.4. The van der Waals surface area contributed by atoms with Crippen LogP contribution in [0.1, 0.15) is 21.6 Å². The molecule has 1 amide bonds. The van der Waals surface area contributed by atoms with Crippen LogP contribution in [-0.2, 0) is 13.1 Å². The summed E-state index contributed by atoms with van der Waals surface area (Å²) in [5.74, 6) is 0.527. The average Bonchev–Trinajstić information content (AvgIpc) is 2.53. The number of methoxy groups -OCH3 is 1. The summed E-state index contributed by atoms with van der Waals surface area (Å²) in [5.41, 5.74) is 7.67. The second-order valence-corrected chi connectivity index (χ2v) is 4.25. The first-order chi connectivity index (χ1) is 9.74. The molecule has 5 heteroatoms. The smallest absolute Gasteiger partial charge is 0.270 e. The first-order valence-corrected chi connectivity index (χ1v) is 6.29. The third kappa shape index (κ3) is 3.33. The van der Waals surface area contributed by atoms with Gasteiger partial charge in [-0.05, 0) is 17.7 Å². The minimum absolute atomic E-state index is 0.223. The van der Waals surface area contributed by atoms with Crippen LogP contribution in [0.2, 0.25) is 0 Å². The van der Waals surface area contributed by atoms with Gasteiger partial charge in [-0.1, -0.05) is 24.3 Å². The number of carbonyl (C=O) groups excluding carboxylic acids is 1. The number of hydrogen-bond donors (Lipinski definition) is 2. The maximum atomic E-state index is 12.0. The molecule has 1 aromatic carbocycles. The van der Waals surface area contributed by atoms with Gasteiger partial charge in [0.05, 0.1) is 7.11 Å². The lowest BCUT2D eigenvalue weighted by Crippen LogP contribution is -2.24. The highest BCUT2D eigenvalue weighted by Crippen LogP contribution is 2.16. The minimum Gasteiger partial charge on any atom is -0.496 e. The predicted molar refractivity (Wildman–Crippen MR) is 76.3 cm³/mol. The van der Waals surface area contributed by atoms with Crippen molar-refractivity contribution in [3.8, 4) is 5.75 Å². The van der Waals surface area contributed by atoms with Crippen molar-refractivity contribution in [2.24, 2.45) is 5.73 Å². The fourth-order valence-corrected chi connectivity index (χ4v) is 1.79. The van der Waals surface area contributed by atoms with Gasteiger partial charge in [0.2, 0.25) is 0 Å². The summed E-state index contributed by atoms with van der Waals surface area (Å²) in [6.07, 6.45) is 1.61. The van der Waals surface area contributed by atoms with Crippen LogP contribution >= 0.6 is 0 Å². The molecule has 0 spiro atoms. The van der Waals surface area contributed by atoms with Crippen molar-refractivity contribution < 1.29 is 9.53 Å². The molecular weight excluding hydrogens is 254 g/mol. The van der Waals surface area contributed by atoms with E-state index in [1.807, 2.05) is 24.3 Å². The Morgan fingerprint density at radius 3 is 2.75 bits per heavy atom. The van der Waals surface area contributed by atoms with Crippen molar-refractivity contribution in [2.75, 3.05) is 7.11 Å². The summed E-state index contributed by atoms with van der Waals surface area (Å²) in [7, 11) is 1.60. The van der Waals surface area contributed by atoms with E-state index in [0.29, 0.717) is 18.8 Å². The lowest BCUT2D eigenvalue weighted by atomic mass is 10.2. The first kappa shape index (κ1) is 14.0. The monoisotopic (exact) mass is 271 g/mol. The quantitative estimate of drug-likeness (QED) is 0.863. The topological polar surface area (TPSA) is 77.2 Å². The van der Waals surface area contributed by atoms with Crippen molar-refractivity contribution in [3.05, 3.63) is 59.4 Å². The van der Waals surface area contributed by atoms with E-state index in [-0.39, 0.29) is 5.91 Å². The lowest BCUT2D eigenvalue weighted by Gasteiger charge is -2.09. The summed E-state index contributed by atoms with van der Waals surface area (Å²) in [5, 5.41) is 2.81. The molecule has 5 nitrogen and oxygen atoms in total. The predicted octanol–water partition coefficient (Wildman–Crippen LogP) is 1.48. The Labute approximate surface area is 117 Å². The molecular formula is C15H17N3O2. The summed E-state index contributed by atoms with van der Waals surface area (Å²) in [6, 6.07) is 11.0. The Morgan fingerprint density at radius 1 is 1.30 bits per heavy atom. The highest BCUT2D eigenvalue weighted by molar-refractivity contribution is 5.92. The van der Waals surface area contributed by atoms with E-state index in [0.717, 1.165) is 16.9 Å². The molecule has 0 saturated heterocycles. The number of amides is 1. The van der Waals surface area contributed by atoms with Crippen molar-refractivity contribution in [1.29, 1.82) is 0 Å². The number of nitrogens with two attached hydrogens (primary N) is 1. The van der Waals surface area contributed by atoms with Crippen LogP contribution in [0.5, 0.6) is 5.75 Å². The SMILES string of the molecule is COc1ccccc1CNC(=O)c1ccc(CN)cn1. The van der Waals surface area contributed by atoms with E-state index >= 15 is 0 Å². The molecule has 0 aliphatic carbocycles. The van der Waals surface area contributed by atoms with Crippen LogP contribution in [0.25, 0.3) is 0 Å². The number of rotatable bonds is 5. The van der Waals surface area contributed by atoms with Crippen LogP contribution < -0.4 is 15.8 Å². The summed E-state index contributed by atoms with van der Waals surface area (Å²) >= 11 is 0. The second-order valence-electron chi connectivity index (χ2n) is 4.25. The Hall–Kier alpha value is -2.40. The molecule has 2 rings (SSSR count). The van der Waals surface area contributed by atoms with Crippen molar-refractivity contribution in [3.63, 3.8) is 0 Å². The van der Waals surface area contributed by atoms with Gasteiger partial charge < -0.3 is 15.8 Å². The first-order valence-electron chi connectivity index (χ1n) is 6.29. The van der Waals surface area contributed by atoms with E-state index in [9.17, 15) is 4.79 Å². The van der Waals surface area contributed by atoms with Crippen LogP contribution in [-0.4, -0.2) is 18.0 Å². The normalized spacial score (nSPS) is 10.1. The molecule has 104 valence electrons.